The van der Waals surface area contributed by atoms with E-state index in [1.807, 2.05) is 18.2 Å². The zero-order valence-electron chi connectivity index (χ0n) is 13.3. The van der Waals surface area contributed by atoms with Crippen molar-refractivity contribution in [2.75, 3.05) is 19.6 Å². The number of halogens is 1. The van der Waals surface area contributed by atoms with Gasteiger partial charge >= 0.3 is 0 Å². The van der Waals surface area contributed by atoms with Crippen LogP contribution >= 0.6 is 0 Å². The number of hydrogen-bond acceptors (Lipinski definition) is 4. The van der Waals surface area contributed by atoms with Gasteiger partial charge in [-0.15, -0.1) is 0 Å². The minimum atomic E-state index is -0.585. The lowest BCUT2D eigenvalue weighted by molar-refractivity contribution is -0.385. The molecule has 2 atom stereocenters. The molecular weight excluding hydrogens is 309 g/mol. The monoisotopic (exact) mass is 329 g/mol. The third-order valence-electron chi connectivity index (χ3n) is 4.69. The van der Waals surface area contributed by atoms with Crippen LogP contribution < -0.4 is 5.73 Å². The molecule has 0 radical (unpaired) electrons. The third kappa shape index (κ3) is 3.44. The second-order valence-electron chi connectivity index (χ2n) is 6.24. The molecule has 1 saturated heterocycles. The minimum Gasteiger partial charge on any atom is -0.330 e. The standard InChI is InChI=1S/C18H20FN3O2/c19-18-8-16(22(23)24)7-6-14(18)10-21-11-15(9-20)17(12-21)13-4-2-1-3-5-13/h1-8,15,17H,9-12,20H2/t15-,17+/m1/s1. The van der Waals surface area contributed by atoms with E-state index in [0.29, 0.717) is 30.5 Å². The van der Waals surface area contributed by atoms with Crippen molar-refractivity contribution in [2.45, 2.75) is 12.5 Å². The Kier molecular flexibility index (Phi) is 4.87. The molecule has 0 spiro atoms. The molecule has 0 bridgehead atoms. The largest absolute Gasteiger partial charge is 0.330 e. The summed E-state index contributed by atoms with van der Waals surface area (Å²) in [5, 5.41) is 10.7. The fraction of sp³-hybridized carbons (Fsp3) is 0.333. The van der Waals surface area contributed by atoms with Gasteiger partial charge in [-0.3, -0.25) is 15.0 Å². The quantitative estimate of drug-likeness (QED) is 0.676. The van der Waals surface area contributed by atoms with Crippen LogP contribution in [-0.2, 0) is 6.54 Å². The zero-order valence-corrected chi connectivity index (χ0v) is 13.3. The molecule has 1 aliphatic rings. The minimum absolute atomic E-state index is 0.223. The van der Waals surface area contributed by atoms with E-state index in [-0.39, 0.29) is 5.69 Å². The first-order valence-electron chi connectivity index (χ1n) is 7.98. The predicted molar refractivity (Wildman–Crippen MR) is 90.1 cm³/mol. The second kappa shape index (κ2) is 7.07. The summed E-state index contributed by atoms with van der Waals surface area (Å²) in [6, 6.07) is 14.1. The van der Waals surface area contributed by atoms with E-state index in [1.165, 1.54) is 17.7 Å². The molecule has 0 saturated carbocycles. The maximum absolute atomic E-state index is 14.1. The van der Waals surface area contributed by atoms with Crippen molar-refractivity contribution in [2.24, 2.45) is 11.7 Å². The van der Waals surface area contributed by atoms with Crippen molar-refractivity contribution in [3.05, 3.63) is 75.6 Å². The van der Waals surface area contributed by atoms with E-state index in [1.54, 1.807) is 0 Å². The Morgan fingerprint density at radius 3 is 2.58 bits per heavy atom. The fourth-order valence-corrected chi connectivity index (χ4v) is 3.43. The van der Waals surface area contributed by atoms with Crippen molar-refractivity contribution < 1.29 is 9.31 Å². The first kappa shape index (κ1) is 16.5. The highest BCUT2D eigenvalue weighted by molar-refractivity contribution is 5.34. The Morgan fingerprint density at radius 1 is 1.21 bits per heavy atom. The van der Waals surface area contributed by atoms with E-state index in [4.69, 9.17) is 5.73 Å². The predicted octanol–water partition coefficient (Wildman–Crippen LogP) is 2.91. The molecule has 2 aromatic rings. The normalized spacial score (nSPS) is 21.1. The summed E-state index contributed by atoms with van der Waals surface area (Å²) in [6.45, 7) is 2.62. The summed E-state index contributed by atoms with van der Waals surface area (Å²) in [4.78, 5) is 12.3. The van der Waals surface area contributed by atoms with Gasteiger partial charge in [0.1, 0.15) is 5.82 Å². The molecule has 6 heteroatoms. The first-order chi connectivity index (χ1) is 11.6. The molecule has 0 unspecified atom stereocenters. The van der Waals surface area contributed by atoms with Crippen LogP contribution in [0.25, 0.3) is 0 Å². The number of likely N-dealkylation sites (tertiary alicyclic amines) is 1. The average molecular weight is 329 g/mol. The molecule has 5 nitrogen and oxygen atoms in total. The molecule has 2 aromatic carbocycles. The molecular formula is C18H20FN3O2. The van der Waals surface area contributed by atoms with E-state index in [2.05, 4.69) is 17.0 Å². The van der Waals surface area contributed by atoms with Crippen molar-refractivity contribution >= 4 is 5.69 Å². The Hall–Kier alpha value is -2.31. The molecule has 1 fully saturated rings. The van der Waals surface area contributed by atoms with Gasteiger partial charge in [0.2, 0.25) is 0 Å². The lowest BCUT2D eigenvalue weighted by Gasteiger charge is -2.17. The van der Waals surface area contributed by atoms with E-state index >= 15 is 0 Å². The van der Waals surface area contributed by atoms with E-state index in [9.17, 15) is 14.5 Å². The van der Waals surface area contributed by atoms with Gasteiger partial charge < -0.3 is 5.73 Å². The van der Waals surface area contributed by atoms with Crippen molar-refractivity contribution in [3.8, 4) is 0 Å². The summed E-state index contributed by atoms with van der Waals surface area (Å²) >= 11 is 0. The Labute approximate surface area is 140 Å². The third-order valence-corrected chi connectivity index (χ3v) is 4.69. The zero-order chi connectivity index (χ0) is 17.1. The van der Waals surface area contributed by atoms with Crippen molar-refractivity contribution in [1.29, 1.82) is 0 Å². The smallest absolute Gasteiger partial charge is 0.272 e. The molecule has 0 aromatic heterocycles. The number of hydrogen-bond donors (Lipinski definition) is 1. The van der Waals surface area contributed by atoms with Crippen LogP contribution in [0.15, 0.2) is 48.5 Å². The average Bonchev–Trinajstić information content (AvgIpc) is 3.00. The van der Waals surface area contributed by atoms with Gasteiger partial charge in [0.15, 0.2) is 0 Å². The van der Waals surface area contributed by atoms with Gasteiger partial charge in [-0.25, -0.2) is 4.39 Å². The van der Waals surface area contributed by atoms with Gasteiger partial charge in [-0.1, -0.05) is 30.3 Å². The summed E-state index contributed by atoms with van der Waals surface area (Å²) < 4.78 is 14.1. The van der Waals surface area contributed by atoms with Crippen molar-refractivity contribution in [3.63, 3.8) is 0 Å². The summed E-state index contributed by atoms with van der Waals surface area (Å²) in [5.74, 6) is 0.127. The molecule has 2 N–H and O–H groups in total. The highest BCUT2D eigenvalue weighted by Crippen LogP contribution is 2.33. The Bertz CT molecular complexity index is 723. The molecule has 1 aliphatic heterocycles. The van der Waals surface area contributed by atoms with Gasteiger partial charge in [-0.05, 0) is 24.1 Å². The Balaban J connectivity index is 1.74. The van der Waals surface area contributed by atoms with E-state index in [0.717, 1.165) is 19.2 Å². The Morgan fingerprint density at radius 2 is 1.96 bits per heavy atom. The van der Waals surface area contributed by atoms with Crippen LogP contribution in [-0.4, -0.2) is 29.5 Å². The van der Waals surface area contributed by atoms with Crippen molar-refractivity contribution in [1.82, 2.24) is 4.90 Å². The van der Waals surface area contributed by atoms with E-state index < -0.39 is 10.7 Å². The van der Waals surface area contributed by atoms with Crippen LogP contribution in [0.5, 0.6) is 0 Å². The number of benzene rings is 2. The van der Waals surface area contributed by atoms with Crippen LogP contribution in [0.1, 0.15) is 17.0 Å². The molecule has 24 heavy (non-hydrogen) atoms. The second-order valence-corrected chi connectivity index (χ2v) is 6.24. The van der Waals surface area contributed by atoms with Crippen LogP contribution in [0, 0.1) is 21.8 Å². The maximum atomic E-state index is 14.1. The van der Waals surface area contributed by atoms with Gasteiger partial charge in [0.25, 0.3) is 5.69 Å². The summed E-state index contributed by atoms with van der Waals surface area (Å²) in [6.07, 6.45) is 0. The van der Waals surface area contributed by atoms with Gasteiger partial charge in [-0.2, -0.15) is 0 Å². The molecule has 3 rings (SSSR count). The lowest BCUT2D eigenvalue weighted by Crippen LogP contribution is -2.23. The highest BCUT2D eigenvalue weighted by Gasteiger charge is 2.33. The maximum Gasteiger partial charge on any atom is 0.272 e. The van der Waals surface area contributed by atoms with Gasteiger partial charge in [0, 0.05) is 37.2 Å². The van der Waals surface area contributed by atoms with Crippen LogP contribution in [0.4, 0.5) is 10.1 Å². The lowest BCUT2D eigenvalue weighted by atomic mass is 9.89. The molecule has 1 heterocycles. The molecule has 0 aliphatic carbocycles. The van der Waals surface area contributed by atoms with Gasteiger partial charge in [0.05, 0.1) is 11.0 Å². The number of rotatable bonds is 5. The molecule has 126 valence electrons. The summed E-state index contributed by atoms with van der Waals surface area (Å²) in [7, 11) is 0. The topological polar surface area (TPSA) is 72.4 Å². The number of nitro benzene ring substituents is 1. The SMILES string of the molecule is NC[C@@H]1CN(Cc2ccc([N+](=O)[O-])cc2F)C[C@H]1c1ccccc1. The van der Waals surface area contributed by atoms with Crippen LogP contribution in [0.2, 0.25) is 0 Å². The summed E-state index contributed by atoms with van der Waals surface area (Å²) in [5.41, 5.74) is 7.43. The van der Waals surface area contributed by atoms with Crippen LogP contribution in [0.3, 0.4) is 0 Å². The molecule has 0 amide bonds. The first-order valence-corrected chi connectivity index (χ1v) is 7.98. The number of nitrogens with two attached hydrogens (primary N) is 1. The fourth-order valence-electron chi connectivity index (χ4n) is 3.43. The highest BCUT2D eigenvalue weighted by atomic mass is 19.1. The number of nitrogens with zero attached hydrogens (tertiary/aromatic N) is 2. The number of nitro groups is 1. The number of non-ortho nitro benzene ring substituents is 1.